The monoisotopic (exact) mass is 675 g/mol. The molecule has 42 heavy (non-hydrogen) atoms. The van der Waals surface area contributed by atoms with Crippen LogP contribution >= 0.6 is 11.3 Å². The van der Waals surface area contributed by atoms with Crippen LogP contribution in [0.3, 0.4) is 0 Å². The molecule has 3 rings (SSSR count). The number of nitrogens with zero attached hydrogens (tertiary/aromatic N) is 3. The first-order valence-corrected chi connectivity index (χ1v) is 14.8. The molecular formula is C37H68N3SY-. The van der Waals surface area contributed by atoms with Crippen LogP contribution in [0.15, 0.2) is 47.6 Å². The van der Waals surface area contributed by atoms with Gasteiger partial charge < -0.3 is 0 Å². The molecule has 1 radical (unpaired) electrons. The maximum Gasteiger partial charge on any atom is 0.206 e. The van der Waals surface area contributed by atoms with Crippen molar-refractivity contribution in [3.63, 3.8) is 0 Å². The van der Waals surface area contributed by atoms with Crippen LogP contribution in [0.5, 0.6) is 0 Å². The van der Waals surface area contributed by atoms with Crippen LogP contribution in [-0.4, -0.2) is 17.7 Å². The number of rotatable bonds is 17. The van der Waals surface area contributed by atoms with Crippen molar-refractivity contribution >= 4 is 32.9 Å². The average Bonchev–Trinajstić information content (AvgIpc) is 3.31. The number of fused-ring (bicyclic) bond motifs is 1. The number of anilines is 1. The second kappa shape index (κ2) is 30.0. The van der Waals surface area contributed by atoms with E-state index in [1.54, 1.807) is 11.3 Å². The number of thiazole rings is 1. The van der Waals surface area contributed by atoms with Gasteiger partial charge in [-0.1, -0.05) is 165 Å². The van der Waals surface area contributed by atoms with Gasteiger partial charge in [0.05, 0.1) is 10.2 Å². The van der Waals surface area contributed by atoms with E-state index in [1.165, 1.54) is 80.0 Å². The summed E-state index contributed by atoms with van der Waals surface area (Å²) in [7, 11) is 0. The molecule has 5 heteroatoms. The maximum absolute atomic E-state index is 4.86. The molecule has 241 valence electrons. The first-order chi connectivity index (χ1) is 17.2. The number of para-hydroxylation sites is 1. The number of aryl methyl sites for hydroxylation is 2. The molecule has 0 amide bonds. The van der Waals surface area contributed by atoms with Gasteiger partial charge in [0.15, 0.2) is 0 Å². The average molecular weight is 676 g/mol. The van der Waals surface area contributed by atoms with Crippen LogP contribution in [0.2, 0.25) is 0 Å². The van der Waals surface area contributed by atoms with Crippen LogP contribution < -0.4 is 5.01 Å². The molecule has 1 heterocycles. The first-order valence-electron chi connectivity index (χ1n) is 14.0. The maximum atomic E-state index is 4.86. The Hall–Kier alpha value is -1.10. The first kappa shape index (κ1) is 50.5. The number of hydrazone groups is 1. The number of unbranched alkanes of at least 4 members (excludes halogenated alkanes) is 8. The minimum Gasteiger partial charge on any atom is -0.252 e. The van der Waals surface area contributed by atoms with Crippen LogP contribution in [0.25, 0.3) is 10.2 Å². The third-order valence-electron chi connectivity index (χ3n) is 6.52. The summed E-state index contributed by atoms with van der Waals surface area (Å²) in [5.41, 5.74) is 4.99. The largest absolute Gasteiger partial charge is 0.252 e. The van der Waals surface area contributed by atoms with Gasteiger partial charge in [0.1, 0.15) is 0 Å². The summed E-state index contributed by atoms with van der Waals surface area (Å²) >= 11 is 1.71. The Morgan fingerprint density at radius 1 is 0.714 bits per heavy atom. The minimum absolute atomic E-state index is 0. The van der Waals surface area contributed by atoms with Gasteiger partial charge >= 0.3 is 0 Å². The SMILES string of the molecule is C.C.C.C.C.C.CCCCCCCc1ccc(CCCCCCC)c([C-]=NN(CCC)c2nc3ccccc3s2)c1.[Y]. The molecule has 0 atom stereocenters. The van der Waals surface area contributed by atoms with Crippen molar-refractivity contribution in [2.24, 2.45) is 5.10 Å². The molecule has 0 saturated heterocycles. The zero-order chi connectivity index (χ0) is 24.7. The number of benzene rings is 2. The van der Waals surface area contributed by atoms with Crippen molar-refractivity contribution in [1.82, 2.24) is 4.98 Å². The van der Waals surface area contributed by atoms with Crippen LogP contribution in [0, 0.1) is 0 Å². The molecule has 0 N–H and O–H groups in total. The van der Waals surface area contributed by atoms with Gasteiger partial charge in [-0.15, -0.1) is 17.2 Å². The summed E-state index contributed by atoms with van der Waals surface area (Å²) in [6, 6.07) is 15.3. The predicted octanol–water partition coefficient (Wildman–Crippen LogP) is 13.3. The third-order valence-corrected chi connectivity index (χ3v) is 7.57. The molecule has 0 spiro atoms. The topological polar surface area (TPSA) is 28.5 Å². The molecule has 0 aliphatic carbocycles. The Labute approximate surface area is 293 Å². The van der Waals surface area contributed by atoms with E-state index in [9.17, 15) is 0 Å². The zero-order valence-electron chi connectivity index (χ0n) is 22.8. The fraction of sp³-hybridized carbons (Fsp3) is 0.622. The summed E-state index contributed by atoms with van der Waals surface area (Å²) < 4.78 is 1.21. The number of aromatic nitrogens is 1. The summed E-state index contributed by atoms with van der Waals surface area (Å²) in [5.74, 6) is 0. The second-order valence-electron chi connectivity index (χ2n) is 9.62. The fourth-order valence-corrected chi connectivity index (χ4v) is 5.38. The molecule has 0 saturated carbocycles. The Bertz CT molecular complexity index is 998. The Balaban J connectivity index is -0.000000652. The third kappa shape index (κ3) is 17.3. The number of hydrogen-bond acceptors (Lipinski definition) is 4. The number of hydrogen-bond donors (Lipinski definition) is 0. The predicted molar refractivity (Wildman–Crippen MR) is 196 cm³/mol. The minimum atomic E-state index is 0. The van der Waals surface area contributed by atoms with Gasteiger partial charge in [0, 0.05) is 39.3 Å². The van der Waals surface area contributed by atoms with Gasteiger partial charge in [-0.3, -0.25) is 5.01 Å². The summed E-state index contributed by atoms with van der Waals surface area (Å²) in [6.07, 6.45) is 19.8. The Kier molecular flexibility index (Phi) is 36.0. The van der Waals surface area contributed by atoms with E-state index < -0.39 is 0 Å². The van der Waals surface area contributed by atoms with Gasteiger partial charge in [0.2, 0.25) is 5.13 Å². The van der Waals surface area contributed by atoms with E-state index in [-0.39, 0.29) is 77.3 Å². The van der Waals surface area contributed by atoms with Crippen LogP contribution in [0.1, 0.15) is 153 Å². The molecular weight excluding hydrogens is 607 g/mol. The summed E-state index contributed by atoms with van der Waals surface area (Å²) in [4.78, 5) is 4.84. The van der Waals surface area contributed by atoms with E-state index in [0.29, 0.717) is 0 Å². The van der Waals surface area contributed by atoms with Gasteiger partial charge in [0.25, 0.3) is 0 Å². The molecule has 0 aliphatic heterocycles. The molecule has 0 unspecified atom stereocenters. The van der Waals surface area contributed by atoms with Gasteiger partial charge in [-0.2, -0.15) is 11.6 Å². The Morgan fingerprint density at radius 3 is 1.90 bits per heavy atom. The molecule has 3 nitrogen and oxygen atoms in total. The molecule has 3 aromatic rings. The van der Waals surface area contributed by atoms with Crippen molar-refractivity contribution in [2.45, 2.75) is 149 Å². The van der Waals surface area contributed by atoms with Crippen LogP contribution in [-0.2, 0) is 45.6 Å². The molecule has 0 aliphatic rings. The van der Waals surface area contributed by atoms with E-state index in [0.717, 1.165) is 42.0 Å². The fourth-order valence-electron chi connectivity index (χ4n) is 4.44. The molecule has 1 aromatic heterocycles. The summed E-state index contributed by atoms with van der Waals surface area (Å²) in [6.45, 7) is 7.59. The van der Waals surface area contributed by atoms with E-state index in [1.807, 2.05) is 11.1 Å². The molecule has 0 bridgehead atoms. The molecule has 0 fully saturated rings. The molecule has 2 aromatic carbocycles. The normalized spacial score (nSPS) is 9.69. The van der Waals surface area contributed by atoms with Gasteiger partial charge in [-0.05, 0) is 31.2 Å². The standard InChI is InChI=1S/C31H44N3S.6CH4.Y/c1-4-7-9-11-13-17-26-21-22-27(18-14-12-10-8-5-2)28(24-26)25-32-34(23-6-3)31-33-29-19-15-16-20-30(29)35-31;;;;;;;/h15-16,19-22,24H,4-14,17-18,23H2,1-3H3;6*1H4;/q-1;;;;;;;. The summed E-state index contributed by atoms with van der Waals surface area (Å²) in [5, 5.41) is 7.85. The Morgan fingerprint density at radius 2 is 1.31 bits per heavy atom. The van der Waals surface area contributed by atoms with E-state index in [2.05, 4.69) is 63.4 Å². The van der Waals surface area contributed by atoms with E-state index >= 15 is 0 Å². The van der Waals surface area contributed by atoms with Crippen molar-refractivity contribution in [1.29, 1.82) is 0 Å². The van der Waals surface area contributed by atoms with Crippen molar-refractivity contribution in [3.05, 3.63) is 59.2 Å². The zero-order valence-corrected chi connectivity index (χ0v) is 26.4. The van der Waals surface area contributed by atoms with E-state index in [4.69, 9.17) is 10.1 Å². The smallest absolute Gasteiger partial charge is 0.206 e. The quantitative estimate of drug-likeness (QED) is 0.0616. The second-order valence-corrected chi connectivity index (χ2v) is 10.6. The van der Waals surface area contributed by atoms with Crippen molar-refractivity contribution in [3.8, 4) is 0 Å². The van der Waals surface area contributed by atoms with Crippen molar-refractivity contribution < 1.29 is 32.7 Å². The van der Waals surface area contributed by atoms with Crippen molar-refractivity contribution in [2.75, 3.05) is 11.6 Å². The van der Waals surface area contributed by atoms with Crippen LogP contribution in [0.4, 0.5) is 5.13 Å². The van der Waals surface area contributed by atoms with Gasteiger partial charge in [-0.25, -0.2) is 10.1 Å².